The Hall–Kier alpha value is -3.07. The van der Waals surface area contributed by atoms with Crippen molar-refractivity contribution >= 4 is 11.8 Å². The fourth-order valence-corrected chi connectivity index (χ4v) is 4.12. The first-order valence-corrected chi connectivity index (χ1v) is 10.9. The standard InChI is InChI=1S/C23H33N5O4/c1-6-28-16(3)18(15(2)26-28)13-25-22(29)12-19-23(30)24-9-10-27(19)14-17-7-8-20(31-4)21(11-17)32-5/h7-8,11,19H,6,9-10,12-14H2,1-5H3,(H,24,30)(H,25,29)/t19-/m0/s1. The molecular formula is C23H33N5O4. The number of hydrogen-bond donors (Lipinski definition) is 2. The Bertz CT molecular complexity index is 972. The zero-order chi connectivity index (χ0) is 23.3. The molecule has 3 rings (SSSR count). The molecule has 1 aromatic carbocycles. The maximum Gasteiger partial charge on any atom is 0.237 e. The molecule has 2 heterocycles. The summed E-state index contributed by atoms with van der Waals surface area (Å²) in [5, 5.41) is 10.3. The minimum absolute atomic E-state index is 0.0964. The molecule has 9 nitrogen and oxygen atoms in total. The zero-order valence-corrected chi connectivity index (χ0v) is 19.5. The van der Waals surface area contributed by atoms with Crippen molar-refractivity contribution < 1.29 is 19.1 Å². The third kappa shape index (κ3) is 5.21. The number of ether oxygens (including phenoxy) is 2. The van der Waals surface area contributed by atoms with Crippen LogP contribution in [0.5, 0.6) is 11.5 Å². The van der Waals surface area contributed by atoms with Gasteiger partial charge in [-0.2, -0.15) is 5.10 Å². The van der Waals surface area contributed by atoms with Gasteiger partial charge in [0, 0.05) is 44.0 Å². The van der Waals surface area contributed by atoms with Crippen molar-refractivity contribution in [3.8, 4) is 11.5 Å². The van der Waals surface area contributed by atoms with Crippen LogP contribution in [-0.2, 0) is 29.2 Å². The summed E-state index contributed by atoms with van der Waals surface area (Å²) in [4.78, 5) is 27.4. The van der Waals surface area contributed by atoms with Gasteiger partial charge in [-0.3, -0.25) is 19.2 Å². The van der Waals surface area contributed by atoms with Gasteiger partial charge in [0.2, 0.25) is 11.8 Å². The van der Waals surface area contributed by atoms with Crippen LogP contribution in [-0.4, -0.2) is 59.8 Å². The van der Waals surface area contributed by atoms with Crippen LogP contribution in [0, 0.1) is 13.8 Å². The molecule has 0 radical (unpaired) electrons. The molecule has 1 saturated heterocycles. The van der Waals surface area contributed by atoms with Crippen molar-refractivity contribution in [1.29, 1.82) is 0 Å². The third-order valence-electron chi connectivity index (χ3n) is 5.95. The van der Waals surface area contributed by atoms with E-state index in [1.54, 1.807) is 14.2 Å². The number of piperazine rings is 1. The first-order valence-electron chi connectivity index (χ1n) is 10.9. The number of rotatable bonds is 9. The number of methoxy groups -OCH3 is 2. The Morgan fingerprint density at radius 2 is 2.00 bits per heavy atom. The van der Waals surface area contributed by atoms with E-state index < -0.39 is 6.04 Å². The molecule has 2 N–H and O–H groups in total. The molecule has 2 aromatic rings. The molecule has 0 spiro atoms. The van der Waals surface area contributed by atoms with Gasteiger partial charge in [0.1, 0.15) is 0 Å². The van der Waals surface area contributed by atoms with Crippen molar-refractivity contribution in [3.05, 3.63) is 40.7 Å². The van der Waals surface area contributed by atoms with E-state index in [9.17, 15) is 9.59 Å². The molecule has 1 atom stereocenters. The highest BCUT2D eigenvalue weighted by atomic mass is 16.5. The number of nitrogens with one attached hydrogen (secondary N) is 2. The molecule has 0 saturated carbocycles. The molecule has 0 bridgehead atoms. The van der Waals surface area contributed by atoms with Crippen LogP contribution >= 0.6 is 0 Å². The Kier molecular flexibility index (Phi) is 7.74. The van der Waals surface area contributed by atoms with Crippen LogP contribution in [0.1, 0.15) is 35.9 Å². The molecule has 9 heteroatoms. The van der Waals surface area contributed by atoms with Gasteiger partial charge in [-0.05, 0) is 38.5 Å². The summed E-state index contributed by atoms with van der Waals surface area (Å²) in [5.74, 6) is 1.00. The lowest BCUT2D eigenvalue weighted by Crippen LogP contribution is -2.56. The molecule has 0 aliphatic carbocycles. The highest BCUT2D eigenvalue weighted by Gasteiger charge is 2.31. The van der Waals surface area contributed by atoms with Gasteiger partial charge in [0.05, 0.1) is 32.4 Å². The first-order chi connectivity index (χ1) is 15.4. The molecule has 2 amide bonds. The minimum atomic E-state index is -0.530. The number of benzene rings is 1. The van der Waals surface area contributed by atoms with Gasteiger partial charge in [-0.1, -0.05) is 6.07 Å². The Morgan fingerprint density at radius 1 is 1.25 bits per heavy atom. The molecule has 1 aliphatic heterocycles. The quantitative estimate of drug-likeness (QED) is 0.610. The predicted octanol–water partition coefficient (Wildman–Crippen LogP) is 1.54. The topological polar surface area (TPSA) is 97.7 Å². The second-order valence-corrected chi connectivity index (χ2v) is 7.91. The zero-order valence-electron chi connectivity index (χ0n) is 19.5. The van der Waals surface area contributed by atoms with Crippen LogP contribution in [0.4, 0.5) is 0 Å². The average molecular weight is 444 g/mol. The number of aromatic nitrogens is 2. The number of carbonyl (C=O) groups is 2. The number of nitrogens with zero attached hydrogens (tertiary/aromatic N) is 3. The molecule has 0 unspecified atom stereocenters. The molecule has 1 aliphatic rings. The molecule has 174 valence electrons. The van der Waals surface area contributed by atoms with E-state index in [0.717, 1.165) is 29.1 Å². The minimum Gasteiger partial charge on any atom is -0.493 e. The molecule has 1 fully saturated rings. The van der Waals surface area contributed by atoms with Crippen molar-refractivity contribution in [2.45, 2.75) is 52.9 Å². The van der Waals surface area contributed by atoms with Gasteiger partial charge in [-0.15, -0.1) is 0 Å². The summed E-state index contributed by atoms with van der Waals surface area (Å²) in [6, 6.07) is 5.17. The van der Waals surface area contributed by atoms with Crippen LogP contribution in [0.3, 0.4) is 0 Å². The molecule has 1 aromatic heterocycles. The second-order valence-electron chi connectivity index (χ2n) is 7.91. The number of hydrogen-bond acceptors (Lipinski definition) is 6. The predicted molar refractivity (Wildman–Crippen MR) is 121 cm³/mol. The van der Waals surface area contributed by atoms with E-state index in [-0.39, 0.29) is 18.2 Å². The fourth-order valence-electron chi connectivity index (χ4n) is 4.12. The van der Waals surface area contributed by atoms with Crippen LogP contribution in [0.15, 0.2) is 18.2 Å². The normalized spacial score (nSPS) is 16.5. The monoisotopic (exact) mass is 443 g/mol. The van der Waals surface area contributed by atoms with Crippen molar-refractivity contribution in [2.75, 3.05) is 27.3 Å². The summed E-state index contributed by atoms with van der Waals surface area (Å²) in [6.45, 7) is 8.93. The maximum absolute atomic E-state index is 12.7. The van der Waals surface area contributed by atoms with Gasteiger partial charge in [-0.25, -0.2) is 0 Å². The van der Waals surface area contributed by atoms with Gasteiger partial charge in [0.25, 0.3) is 0 Å². The lowest BCUT2D eigenvalue weighted by molar-refractivity contribution is -0.134. The Balaban J connectivity index is 1.66. The summed E-state index contributed by atoms with van der Waals surface area (Å²) < 4.78 is 12.6. The maximum atomic E-state index is 12.7. The van der Waals surface area contributed by atoms with E-state index in [1.807, 2.05) is 48.6 Å². The lowest BCUT2D eigenvalue weighted by atomic mass is 10.1. The van der Waals surface area contributed by atoms with E-state index in [2.05, 4.69) is 15.7 Å². The van der Waals surface area contributed by atoms with E-state index >= 15 is 0 Å². The van der Waals surface area contributed by atoms with E-state index in [1.165, 1.54) is 0 Å². The fraction of sp³-hybridized carbons (Fsp3) is 0.522. The Labute approximate surface area is 189 Å². The second kappa shape index (κ2) is 10.5. The molecular weight excluding hydrogens is 410 g/mol. The largest absolute Gasteiger partial charge is 0.493 e. The number of aryl methyl sites for hydroxylation is 2. The summed E-state index contributed by atoms with van der Waals surface area (Å²) in [7, 11) is 3.19. The molecule has 32 heavy (non-hydrogen) atoms. The van der Waals surface area contributed by atoms with Crippen LogP contribution < -0.4 is 20.1 Å². The summed E-state index contributed by atoms with van der Waals surface area (Å²) >= 11 is 0. The van der Waals surface area contributed by atoms with E-state index in [4.69, 9.17) is 9.47 Å². The SMILES string of the molecule is CCn1nc(C)c(CNC(=O)C[C@H]2C(=O)NCCN2Cc2ccc(OC)c(OC)c2)c1C. The third-order valence-corrected chi connectivity index (χ3v) is 5.95. The van der Waals surface area contributed by atoms with Gasteiger partial charge in [0.15, 0.2) is 11.5 Å². The summed E-state index contributed by atoms with van der Waals surface area (Å²) in [6.07, 6.45) is 0.0964. The summed E-state index contributed by atoms with van der Waals surface area (Å²) in [5.41, 5.74) is 3.97. The first kappa shape index (κ1) is 23.6. The van der Waals surface area contributed by atoms with E-state index in [0.29, 0.717) is 37.7 Å². The highest BCUT2D eigenvalue weighted by molar-refractivity contribution is 5.88. The van der Waals surface area contributed by atoms with Crippen molar-refractivity contribution in [1.82, 2.24) is 25.3 Å². The smallest absolute Gasteiger partial charge is 0.237 e. The number of amides is 2. The lowest BCUT2D eigenvalue weighted by Gasteiger charge is -2.34. The van der Waals surface area contributed by atoms with Crippen LogP contribution in [0.2, 0.25) is 0 Å². The Morgan fingerprint density at radius 3 is 2.66 bits per heavy atom. The van der Waals surface area contributed by atoms with Crippen molar-refractivity contribution in [2.24, 2.45) is 0 Å². The number of carbonyl (C=O) groups excluding carboxylic acids is 2. The highest BCUT2D eigenvalue weighted by Crippen LogP contribution is 2.28. The van der Waals surface area contributed by atoms with Crippen molar-refractivity contribution in [3.63, 3.8) is 0 Å². The van der Waals surface area contributed by atoms with Gasteiger partial charge >= 0.3 is 0 Å². The van der Waals surface area contributed by atoms with Crippen LogP contribution in [0.25, 0.3) is 0 Å². The average Bonchev–Trinajstić information content (AvgIpc) is 3.07. The van der Waals surface area contributed by atoms with Gasteiger partial charge < -0.3 is 20.1 Å².